The highest BCUT2D eigenvalue weighted by Crippen LogP contribution is 2.29. The van der Waals surface area contributed by atoms with E-state index in [1.165, 1.54) is 12.3 Å². The van der Waals surface area contributed by atoms with E-state index in [-0.39, 0.29) is 30.2 Å². The minimum absolute atomic E-state index is 0. The molecule has 0 saturated carbocycles. The number of rotatable bonds is 2. The summed E-state index contributed by atoms with van der Waals surface area (Å²) in [5.41, 5.74) is 9.12. The molecule has 0 saturated heterocycles. The van der Waals surface area contributed by atoms with E-state index >= 15 is 0 Å². The number of anilines is 1. The highest BCUT2D eigenvalue weighted by Gasteiger charge is 2.25. The molecule has 5 heteroatoms. The van der Waals surface area contributed by atoms with E-state index in [2.05, 4.69) is 10.3 Å². The highest BCUT2D eigenvalue weighted by molar-refractivity contribution is 5.85. The first-order valence-electron chi connectivity index (χ1n) is 6.43. The van der Waals surface area contributed by atoms with Gasteiger partial charge in [-0.25, -0.2) is 4.39 Å². The summed E-state index contributed by atoms with van der Waals surface area (Å²) in [7, 11) is 0. The van der Waals surface area contributed by atoms with Crippen molar-refractivity contribution in [2.45, 2.75) is 12.5 Å². The molecule has 1 aliphatic heterocycles. The minimum Gasteiger partial charge on any atom is -0.383 e. The molecule has 1 aromatic carbocycles. The number of nitrogens with zero attached hydrogens (tertiary/aromatic N) is 1. The van der Waals surface area contributed by atoms with Crippen LogP contribution in [0.25, 0.3) is 0 Å². The van der Waals surface area contributed by atoms with E-state index in [1.54, 1.807) is 0 Å². The van der Waals surface area contributed by atoms with Gasteiger partial charge in [0.25, 0.3) is 0 Å². The lowest BCUT2D eigenvalue weighted by Gasteiger charge is -2.30. The number of hydrogen-bond donors (Lipinski definition) is 2. The van der Waals surface area contributed by atoms with Crippen LogP contribution in [0.5, 0.6) is 0 Å². The number of benzene rings is 1. The Hall–Kier alpha value is -1.65. The second-order valence-electron chi connectivity index (χ2n) is 4.93. The van der Waals surface area contributed by atoms with E-state index in [1.807, 2.05) is 30.3 Å². The summed E-state index contributed by atoms with van der Waals surface area (Å²) in [5, 5.41) is 3.22. The van der Waals surface area contributed by atoms with Crippen LogP contribution in [-0.4, -0.2) is 11.5 Å². The summed E-state index contributed by atoms with van der Waals surface area (Å²) in [6, 6.07) is 11.5. The van der Waals surface area contributed by atoms with E-state index in [4.69, 9.17) is 5.73 Å². The molecule has 0 spiro atoms. The topological polar surface area (TPSA) is 50.9 Å². The third-order valence-corrected chi connectivity index (χ3v) is 3.64. The Morgan fingerprint density at radius 2 is 2.05 bits per heavy atom. The van der Waals surface area contributed by atoms with Crippen molar-refractivity contribution >= 4 is 18.1 Å². The number of fused-ring (bicyclic) bond motifs is 1. The van der Waals surface area contributed by atoms with Gasteiger partial charge in [0.05, 0.1) is 17.6 Å². The van der Waals surface area contributed by atoms with Crippen LogP contribution in [-0.2, 0) is 6.42 Å². The van der Waals surface area contributed by atoms with E-state index in [0.29, 0.717) is 0 Å². The van der Waals surface area contributed by atoms with Gasteiger partial charge in [-0.05, 0) is 12.0 Å². The van der Waals surface area contributed by atoms with Crippen molar-refractivity contribution in [2.75, 3.05) is 11.9 Å². The fourth-order valence-electron chi connectivity index (χ4n) is 2.55. The molecule has 0 unspecified atom stereocenters. The molecule has 1 aliphatic rings. The van der Waals surface area contributed by atoms with Crippen molar-refractivity contribution in [1.82, 2.24) is 4.98 Å². The third-order valence-electron chi connectivity index (χ3n) is 3.64. The van der Waals surface area contributed by atoms with Crippen LogP contribution in [0.4, 0.5) is 10.1 Å². The quantitative estimate of drug-likeness (QED) is 0.895. The predicted molar refractivity (Wildman–Crippen MR) is 80.5 cm³/mol. The van der Waals surface area contributed by atoms with Crippen LogP contribution in [0.15, 0.2) is 42.6 Å². The van der Waals surface area contributed by atoms with E-state index < -0.39 is 0 Å². The average Bonchev–Trinajstić information content (AvgIpc) is 2.47. The number of halogens is 2. The normalized spacial score (nSPS) is 18.4. The lowest BCUT2D eigenvalue weighted by atomic mass is 9.87. The Morgan fingerprint density at radius 3 is 2.80 bits per heavy atom. The fraction of sp³-hybridized carbons (Fsp3) is 0.267. The molecular weight excluding hydrogens is 277 g/mol. The molecule has 3 rings (SSSR count). The number of hydrogen-bond acceptors (Lipinski definition) is 3. The first-order chi connectivity index (χ1) is 9.24. The monoisotopic (exact) mass is 293 g/mol. The van der Waals surface area contributed by atoms with E-state index in [0.717, 1.165) is 29.9 Å². The molecule has 2 atom stereocenters. The molecule has 0 amide bonds. The minimum atomic E-state index is -0.308. The summed E-state index contributed by atoms with van der Waals surface area (Å²) in [5.74, 6) is -0.0371. The number of nitrogens with one attached hydrogen (secondary N) is 1. The van der Waals surface area contributed by atoms with Gasteiger partial charge >= 0.3 is 0 Å². The number of aromatic nitrogens is 1. The summed E-state index contributed by atoms with van der Waals surface area (Å²) >= 11 is 0. The maximum atomic E-state index is 13.1. The van der Waals surface area contributed by atoms with Gasteiger partial charge in [0.2, 0.25) is 0 Å². The summed E-state index contributed by atoms with van der Waals surface area (Å²) in [6.07, 6.45) is 2.04. The molecule has 3 N–H and O–H groups in total. The molecule has 1 aromatic heterocycles. The smallest absolute Gasteiger partial charge is 0.143 e. The summed E-state index contributed by atoms with van der Waals surface area (Å²) in [6.45, 7) is 0.744. The van der Waals surface area contributed by atoms with Crippen molar-refractivity contribution in [3.63, 3.8) is 0 Å². The van der Waals surface area contributed by atoms with Gasteiger partial charge in [-0.1, -0.05) is 30.3 Å². The predicted octanol–water partition coefficient (Wildman–Crippen LogP) is 2.93. The fourth-order valence-corrected chi connectivity index (χ4v) is 2.55. The van der Waals surface area contributed by atoms with Crippen LogP contribution < -0.4 is 11.1 Å². The van der Waals surface area contributed by atoms with Crippen LogP contribution in [0, 0.1) is 11.7 Å². The first kappa shape index (κ1) is 14.8. The van der Waals surface area contributed by atoms with Crippen molar-refractivity contribution in [1.29, 1.82) is 0 Å². The first-order valence-corrected chi connectivity index (χ1v) is 6.43. The van der Waals surface area contributed by atoms with E-state index in [9.17, 15) is 4.39 Å². The lowest BCUT2D eigenvalue weighted by molar-refractivity contribution is 0.434. The van der Waals surface area contributed by atoms with Gasteiger partial charge in [-0.3, -0.25) is 4.98 Å². The molecule has 20 heavy (non-hydrogen) atoms. The van der Waals surface area contributed by atoms with Crippen LogP contribution >= 0.6 is 12.4 Å². The van der Waals surface area contributed by atoms with Gasteiger partial charge < -0.3 is 11.1 Å². The van der Waals surface area contributed by atoms with Crippen LogP contribution in [0.2, 0.25) is 0 Å². The zero-order valence-corrected chi connectivity index (χ0v) is 11.7. The van der Waals surface area contributed by atoms with Crippen molar-refractivity contribution in [3.05, 3.63) is 59.7 Å². The Balaban J connectivity index is 0.00000147. The maximum absolute atomic E-state index is 13.1. The Kier molecular flexibility index (Phi) is 4.57. The highest BCUT2D eigenvalue weighted by atomic mass is 35.5. The van der Waals surface area contributed by atoms with Crippen molar-refractivity contribution in [3.8, 4) is 0 Å². The summed E-state index contributed by atoms with van der Waals surface area (Å²) in [4.78, 5) is 4.15. The van der Waals surface area contributed by atoms with Gasteiger partial charge in [-0.2, -0.15) is 0 Å². The molecule has 2 heterocycles. The molecule has 0 fully saturated rings. The molecular formula is C15H17ClFN3. The van der Waals surface area contributed by atoms with Gasteiger partial charge in [0.15, 0.2) is 0 Å². The van der Waals surface area contributed by atoms with Crippen LogP contribution in [0.3, 0.4) is 0 Å². The average molecular weight is 294 g/mol. The van der Waals surface area contributed by atoms with Gasteiger partial charge in [0, 0.05) is 24.6 Å². The zero-order chi connectivity index (χ0) is 13.2. The maximum Gasteiger partial charge on any atom is 0.143 e. The molecule has 0 bridgehead atoms. The second-order valence-corrected chi connectivity index (χ2v) is 4.93. The van der Waals surface area contributed by atoms with Crippen molar-refractivity contribution in [2.24, 2.45) is 11.7 Å². The lowest BCUT2D eigenvalue weighted by Crippen LogP contribution is -2.33. The molecule has 0 aliphatic carbocycles. The van der Waals surface area contributed by atoms with Gasteiger partial charge in [0.1, 0.15) is 5.82 Å². The molecule has 2 aromatic rings. The Bertz CT molecular complexity index is 577. The SMILES string of the molecule is Cl.N[C@H](c1ccccc1)[C@H]1CNc2cc(F)cnc2C1. The van der Waals surface area contributed by atoms with Crippen LogP contribution in [0.1, 0.15) is 17.3 Å². The molecule has 106 valence electrons. The number of nitrogens with two attached hydrogens (primary N) is 1. The Morgan fingerprint density at radius 1 is 1.30 bits per heavy atom. The molecule has 3 nitrogen and oxygen atoms in total. The summed E-state index contributed by atoms with van der Waals surface area (Å²) < 4.78 is 13.1. The number of pyridine rings is 1. The Labute approximate surface area is 123 Å². The second kappa shape index (κ2) is 6.20. The molecule has 0 radical (unpaired) electrons. The third kappa shape index (κ3) is 2.92. The zero-order valence-electron chi connectivity index (χ0n) is 10.9. The van der Waals surface area contributed by atoms with Gasteiger partial charge in [-0.15, -0.1) is 12.4 Å². The van der Waals surface area contributed by atoms with Crippen molar-refractivity contribution < 1.29 is 4.39 Å². The standard InChI is InChI=1S/C15H16FN3.ClH/c16-12-7-14-13(19-9-12)6-11(8-18-14)15(17)10-4-2-1-3-5-10;/h1-5,7,9,11,15,18H,6,8,17H2;1H/t11-,15-;/m1./s1. The largest absolute Gasteiger partial charge is 0.383 e.